The number of rotatable bonds is 9. The summed E-state index contributed by atoms with van der Waals surface area (Å²) in [5, 5.41) is 6.13. The van der Waals surface area contributed by atoms with Crippen LogP contribution in [0, 0.1) is 0 Å². The Morgan fingerprint density at radius 1 is 1.00 bits per heavy atom. The van der Waals surface area contributed by atoms with E-state index in [9.17, 15) is 9.59 Å². The lowest BCUT2D eigenvalue weighted by atomic mass is 10.1. The molecule has 0 aromatic heterocycles. The van der Waals surface area contributed by atoms with E-state index in [0.29, 0.717) is 13.1 Å². The number of aryl methyl sites for hydroxylation is 1. The maximum absolute atomic E-state index is 12.4. The topological polar surface area (TPSA) is 67.1 Å². The molecule has 6 heteroatoms. The Bertz CT molecular complexity index is 612. The number of carbonyl (C=O) groups is 2. The molecule has 1 aliphatic rings. The molecular weight excluding hydrogens is 340 g/mol. The summed E-state index contributed by atoms with van der Waals surface area (Å²) in [5.41, 5.74) is 2.09. The van der Waals surface area contributed by atoms with E-state index in [1.54, 1.807) is 0 Å². The lowest BCUT2D eigenvalue weighted by Crippen LogP contribution is -3.28. The fourth-order valence-corrected chi connectivity index (χ4v) is 3.74. The second-order valence-corrected chi connectivity index (χ2v) is 7.67. The van der Waals surface area contributed by atoms with Crippen molar-refractivity contribution in [2.75, 3.05) is 44.6 Å². The zero-order valence-corrected chi connectivity index (χ0v) is 17.1. The van der Waals surface area contributed by atoms with Gasteiger partial charge in [-0.3, -0.25) is 9.59 Å². The first-order valence-electron chi connectivity index (χ1n) is 10.4. The molecule has 1 saturated heterocycles. The zero-order chi connectivity index (χ0) is 19.6. The first-order chi connectivity index (χ1) is 13.0. The lowest BCUT2D eigenvalue weighted by molar-refractivity contribution is -1.00. The first-order valence-corrected chi connectivity index (χ1v) is 10.4. The Labute approximate surface area is 163 Å². The van der Waals surface area contributed by atoms with Crippen molar-refractivity contribution in [1.82, 2.24) is 5.32 Å². The first kappa shape index (κ1) is 21.4. The van der Waals surface area contributed by atoms with Gasteiger partial charge in [0.05, 0.1) is 0 Å². The van der Waals surface area contributed by atoms with Gasteiger partial charge in [0.25, 0.3) is 11.8 Å². The Balaban J connectivity index is 1.71. The minimum Gasteiger partial charge on any atom is -0.349 e. The van der Waals surface area contributed by atoms with Gasteiger partial charge in [0.1, 0.15) is 26.2 Å². The maximum Gasteiger partial charge on any atom is 0.279 e. The molecule has 0 radical (unpaired) electrons. The minimum atomic E-state index is 0.0699. The van der Waals surface area contributed by atoms with Crippen molar-refractivity contribution in [3.8, 4) is 0 Å². The smallest absolute Gasteiger partial charge is 0.279 e. The molecule has 0 aliphatic carbocycles. The number of para-hydroxylation sites is 1. The summed E-state index contributed by atoms with van der Waals surface area (Å²) in [4.78, 5) is 27.1. The number of hydrogen-bond donors (Lipinski definition) is 4. The molecular formula is C21H36N4O2+2. The third kappa shape index (κ3) is 7.31. The molecule has 1 heterocycles. The number of nitrogens with one attached hydrogen (secondary N) is 4. The molecule has 1 fully saturated rings. The summed E-state index contributed by atoms with van der Waals surface area (Å²) in [6, 6.07) is 8.23. The molecule has 6 nitrogen and oxygen atoms in total. The average Bonchev–Trinajstić information content (AvgIpc) is 2.64. The summed E-state index contributed by atoms with van der Waals surface area (Å²) >= 11 is 0. The van der Waals surface area contributed by atoms with E-state index in [2.05, 4.69) is 37.5 Å². The highest BCUT2D eigenvalue weighted by atomic mass is 16.2. The molecule has 0 spiro atoms. The van der Waals surface area contributed by atoms with Gasteiger partial charge in [-0.05, 0) is 31.4 Å². The van der Waals surface area contributed by atoms with Crippen LogP contribution in [0.1, 0.15) is 39.2 Å². The SMILES string of the molecule is CCC[C@@H](C)NC(=O)C[NH+]1CC[NH+](CC(=O)Nc2ccccc2CC)CC1. The number of quaternary nitrogens is 2. The molecule has 0 unspecified atom stereocenters. The Kier molecular flexibility index (Phi) is 8.75. The van der Waals surface area contributed by atoms with Crippen molar-refractivity contribution in [3.05, 3.63) is 29.8 Å². The van der Waals surface area contributed by atoms with Gasteiger partial charge in [-0.2, -0.15) is 0 Å². The van der Waals surface area contributed by atoms with Crippen LogP contribution in [0.3, 0.4) is 0 Å². The molecule has 0 bridgehead atoms. The van der Waals surface area contributed by atoms with Crippen LogP contribution in [0.5, 0.6) is 0 Å². The van der Waals surface area contributed by atoms with Crippen LogP contribution in [0.4, 0.5) is 5.69 Å². The second kappa shape index (κ2) is 11.0. The average molecular weight is 377 g/mol. The minimum absolute atomic E-state index is 0.0699. The number of benzene rings is 1. The molecule has 1 aromatic rings. The lowest BCUT2D eigenvalue weighted by Gasteiger charge is -2.29. The number of anilines is 1. The fraction of sp³-hybridized carbons (Fsp3) is 0.619. The van der Waals surface area contributed by atoms with E-state index >= 15 is 0 Å². The Morgan fingerprint density at radius 3 is 2.19 bits per heavy atom. The highest BCUT2D eigenvalue weighted by Crippen LogP contribution is 2.14. The van der Waals surface area contributed by atoms with Crippen LogP contribution >= 0.6 is 0 Å². The predicted molar refractivity (Wildman–Crippen MR) is 108 cm³/mol. The Morgan fingerprint density at radius 2 is 1.59 bits per heavy atom. The van der Waals surface area contributed by atoms with Crippen LogP contribution in [-0.4, -0.2) is 57.1 Å². The highest BCUT2D eigenvalue weighted by molar-refractivity contribution is 5.92. The quantitative estimate of drug-likeness (QED) is 0.459. The van der Waals surface area contributed by atoms with Crippen LogP contribution in [0.2, 0.25) is 0 Å². The van der Waals surface area contributed by atoms with E-state index in [0.717, 1.165) is 51.1 Å². The van der Waals surface area contributed by atoms with Crippen molar-refractivity contribution in [2.45, 2.75) is 46.1 Å². The van der Waals surface area contributed by atoms with E-state index in [-0.39, 0.29) is 17.9 Å². The van der Waals surface area contributed by atoms with Gasteiger partial charge in [-0.1, -0.05) is 38.5 Å². The number of amides is 2. The van der Waals surface area contributed by atoms with Gasteiger partial charge >= 0.3 is 0 Å². The summed E-state index contributed by atoms with van der Waals surface area (Å²) in [5.74, 6) is 0.212. The van der Waals surface area contributed by atoms with Crippen molar-refractivity contribution in [2.24, 2.45) is 0 Å². The largest absolute Gasteiger partial charge is 0.349 e. The van der Waals surface area contributed by atoms with Gasteiger partial charge in [0, 0.05) is 11.7 Å². The summed E-state index contributed by atoms with van der Waals surface area (Å²) in [7, 11) is 0. The van der Waals surface area contributed by atoms with Crippen LogP contribution in [0.15, 0.2) is 24.3 Å². The highest BCUT2D eigenvalue weighted by Gasteiger charge is 2.26. The molecule has 4 N–H and O–H groups in total. The van der Waals surface area contributed by atoms with Crippen LogP contribution < -0.4 is 20.4 Å². The molecule has 150 valence electrons. The molecule has 2 amide bonds. The van der Waals surface area contributed by atoms with Gasteiger partial charge in [0.2, 0.25) is 0 Å². The third-order valence-electron chi connectivity index (χ3n) is 5.29. The summed E-state index contributed by atoms with van der Waals surface area (Å²) in [6.45, 7) is 11.0. The fourth-order valence-electron chi connectivity index (χ4n) is 3.74. The molecule has 2 rings (SSSR count). The molecule has 1 aliphatic heterocycles. The maximum atomic E-state index is 12.4. The molecule has 1 aromatic carbocycles. The van der Waals surface area contributed by atoms with Gasteiger partial charge < -0.3 is 20.4 Å². The number of hydrogen-bond acceptors (Lipinski definition) is 2. The summed E-state index contributed by atoms with van der Waals surface area (Å²) in [6.07, 6.45) is 3.01. The van der Waals surface area contributed by atoms with Gasteiger partial charge in [-0.15, -0.1) is 0 Å². The van der Waals surface area contributed by atoms with Gasteiger partial charge in [-0.25, -0.2) is 0 Å². The monoisotopic (exact) mass is 376 g/mol. The third-order valence-corrected chi connectivity index (χ3v) is 5.29. The Hall–Kier alpha value is -1.92. The van der Waals surface area contributed by atoms with E-state index in [4.69, 9.17) is 0 Å². The van der Waals surface area contributed by atoms with Crippen molar-refractivity contribution < 1.29 is 19.4 Å². The summed E-state index contributed by atoms with van der Waals surface area (Å²) < 4.78 is 0. The predicted octanol–water partition coefficient (Wildman–Crippen LogP) is -0.724. The van der Waals surface area contributed by atoms with Crippen molar-refractivity contribution in [1.29, 1.82) is 0 Å². The van der Waals surface area contributed by atoms with E-state index < -0.39 is 0 Å². The van der Waals surface area contributed by atoms with E-state index in [1.165, 1.54) is 15.4 Å². The molecule has 1 atom stereocenters. The van der Waals surface area contributed by atoms with Crippen LogP contribution in [-0.2, 0) is 16.0 Å². The van der Waals surface area contributed by atoms with Gasteiger partial charge in [0.15, 0.2) is 13.1 Å². The standard InChI is InChI=1S/C21H34N4O2/c1-4-8-17(3)22-20(26)15-24-11-13-25(14-12-24)16-21(27)23-19-10-7-6-9-18(19)5-2/h6-7,9-10,17H,4-5,8,11-16H2,1-3H3,(H,22,26)(H,23,27)/p+2/t17-/m1/s1. The zero-order valence-electron chi connectivity index (χ0n) is 17.1. The molecule has 27 heavy (non-hydrogen) atoms. The second-order valence-electron chi connectivity index (χ2n) is 7.67. The molecule has 0 saturated carbocycles. The van der Waals surface area contributed by atoms with E-state index in [1.807, 2.05) is 18.2 Å². The van der Waals surface area contributed by atoms with Crippen molar-refractivity contribution >= 4 is 17.5 Å². The normalized spacial score (nSPS) is 20.7. The van der Waals surface area contributed by atoms with Crippen LogP contribution in [0.25, 0.3) is 0 Å². The number of piperazine rings is 1. The van der Waals surface area contributed by atoms with Crippen molar-refractivity contribution in [3.63, 3.8) is 0 Å². The number of carbonyl (C=O) groups excluding carboxylic acids is 2.